The molecule has 66 valence electrons. The molecule has 0 aromatic rings. The second-order valence-electron chi connectivity index (χ2n) is 4.72. The predicted octanol–water partition coefficient (Wildman–Crippen LogP) is 3.87. The van der Waals surface area contributed by atoms with E-state index in [0.717, 1.165) is 12.8 Å². The van der Waals surface area contributed by atoms with Crippen LogP contribution in [-0.4, -0.2) is 0 Å². The predicted molar refractivity (Wildman–Crippen MR) is 55.1 cm³/mol. The van der Waals surface area contributed by atoms with E-state index < -0.39 is 0 Å². The van der Waals surface area contributed by atoms with Crippen LogP contribution in [-0.2, 0) is 0 Å². The standard InChI is InChI=1S/C12H18/c1-10-6-5-7-11(8-10)9-12(2,3)4/h5,7-8H,1,6,9H2,2-4H3. The highest BCUT2D eigenvalue weighted by molar-refractivity contribution is 5.35. The zero-order valence-electron chi connectivity index (χ0n) is 8.35. The van der Waals surface area contributed by atoms with E-state index in [0.29, 0.717) is 5.41 Å². The maximum Gasteiger partial charge on any atom is -0.01000 e. The molecule has 0 heterocycles. The van der Waals surface area contributed by atoms with Gasteiger partial charge in [0.2, 0.25) is 0 Å². The molecular weight excluding hydrogens is 144 g/mol. The summed E-state index contributed by atoms with van der Waals surface area (Å²) in [6.45, 7) is 10.8. The molecular formula is C12H18. The number of rotatable bonds is 1. The van der Waals surface area contributed by atoms with E-state index in [9.17, 15) is 0 Å². The minimum Gasteiger partial charge on any atom is -0.0955 e. The van der Waals surface area contributed by atoms with Crippen LogP contribution in [0, 0.1) is 5.41 Å². The van der Waals surface area contributed by atoms with Gasteiger partial charge in [-0.2, -0.15) is 0 Å². The molecule has 0 aromatic carbocycles. The third-order valence-electron chi connectivity index (χ3n) is 1.84. The van der Waals surface area contributed by atoms with Gasteiger partial charge in [0.15, 0.2) is 0 Å². The van der Waals surface area contributed by atoms with Gasteiger partial charge in [0.1, 0.15) is 0 Å². The van der Waals surface area contributed by atoms with Gasteiger partial charge in [-0.05, 0) is 23.8 Å². The van der Waals surface area contributed by atoms with Crippen molar-refractivity contribution in [1.82, 2.24) is 0 Å². The Labute approximate surface area is 75.7 Å². The Kier molecular flexibility index (Phi) is 2.56. The third kappa shape index (κ3) is 3.08. The summed E-state index contributed by atoms with van der Waals surface area (Å²) in [7, 11) is 0. The highest BCUT2D eigenvalue weighted by atomic mass is 14.2. The molecule has 0 unspecified atom stereocenters. The monoisotopic (exact) mass is 162 g/mol. The molecule has 0 spiro atoms. The van der Waals surface area contributed by atoms with Crippen molar-refractivity contribution in [3.63, 3.8) is 0 Å². The van der Waals surface area contributed by atoms with Crippen molar-refractivity contribution in [2.75, 3.05) is 0 Å². The first-order chi connectivity index (χ1) is 5.47. The van der Waals surface area contributed by atoms with Crippen LogP contribution in [0.3, 0.4) is 0 Å². The minimum absolute atomic E-state index is 0.383. The first-order valence-electron chi connectivity index (χ1n) is 4.52. The molecule has 0 saturated heterocycles. The van der Waals surface area contributed by atoms with Crippen LogP contribution in [0.2, 0.25) is 0 Å². The summed E-state index contributed by atoms with van der Waals surface area (Å²) in [5, 5.41) is 0. The highest BCUT2D eigenvalue weighted by Gasteiger charge is 2.12. The molecule has 0 nitrogen and oxygen atoms in total. The second-order valence-corrected chi connectivity index (χ2v) is 4.72. The fourth-order valence-electron chi connectivity index (χ4n) is 1.45. The Morgan fingerprint density at radius 2 is 2.08 bits per heavy atom. The van der Waals surface area contributed by atoms with Gasteiger partial charge in [-0.1, -0.05) is 51.2 Å². The lowest BCUT2D eigenvalue weighted by Gasteiger charge is -2.20. The fraction of sp³-hybridized carbons (Fsp3) is 0.500. The molecule has 0 heteroatoms. The van der Waals surface area contributed by atoms with Crippen LogP contribution < -0.4 is 0 Å². The average molecular weight is 162 g/mol. The van der Waals surface area contributed by atoms with Crippen LogP contribution in [0.1, 0.15) is 33.6 Å². The van der Waals surface area contributed by atoms with E-state index in [1.807, 2.05) is 0 Å². The summed E-state index contributed by atoms with van der Waals surface area (Å²) in [4.78, 5) is 0. The summed E-state index contributed by atoms with van der Waals surface area (Å²) >= 11 is 0. The molecule has 0 aliphatic heterocycles. The Bertz CT molecular complexity index is 233. The lowest BCUT2D eigenvalue weighted by Crippen LogP contribution is -2.06. The molecule has 1 rings (SSSR count). The maximum atomic E-state index is 3.97. The van der Waals surface area contributed by atoms with E-state index in [-0.39, 0.29) is 0 Å². The van der Waals surface area contributed by atoms with E-state index in [2.05, 4.69) is 45.6 Å². The van der Waals surface area contributed by atoms with Gasteiger partial charge in [0.25, 0.3) is 0 Å². The highest BCUT2D eigenvalue weighted by Crippen LogP contribution is 2.27. The van der Waals surface area contributed by atoms with Gasteiger partial charge in [-0.25, -0.2) is 0 Å². The third-order valence-corrected chi connectivity index (χ3v) is 1.84. The fourth-order valence-corrected chi connectivity index (χ4v) is 1.45. The number of hydrogen-bond donors (Lipinski definition) is 0. The summed E-state index contributed by atoms with van der Waals surface area (Å²) < 4.78 is 0. The van der Waals surface area contributed by atoms with E-state index >= 15 is 0 Å². The number of hydrogen-bond acceptors (Lipinski definition) is 0. The van der Waals surface area contributed by atoms with Crippen molar-refractivity contribution in [2.24, 2.45) is 5.41 Å². The maximum absolute atomic E-state index is 3.97. The molecule has 0 aromatic heterocycles. The minimum atomic E-state index is 0.383. The van der Waals surface area contributed by atoms with Gasteiger partial charge in [0.05, 0.1) is 0 Å². The van der Waals surface area contributed by atoms with Crippen LogP contribution in [0.15, 0.2) is 36.0 Å². The molecule has 0 saturated carbocycles. The summed E-state index contributed by atoms with van der Waals surface area (Å²) in [6.07, 6.45) is 8.80. The summed E-state index contributed by atoms with van der Waals surface area (Å²) in [5.74, 6) is 0. The van der Waals surface area contributed by atoms with Crippen LogP contribution in [0.4, 0.5) is 0 Å². The van der Waals surface area contributed by atoms with Crippen LogP contribution in [0.25, 0.3) is 0 Å². The van der Waals surface area contributed by atoms with Crippen LogP contribution in [0.5, 0.6) is 0 Å². The topological polar surface area (TPSA) is 0 Å². The molecule has 0 amide bonds. The quantitative estimate of drug-likeness (QED) is 0.549. The molecule has 0 bridgehead atoms. The Morgan fingerprint density at radius 3 is 2.58 bits per heavy atom. The zero-order chi connectivity index (χ0) is 9.19. The van der Waals surface area contributed by atoms with Crippen molar-refractivity contribution >= 4 is 0 Å². The average Bonchev–Trinajstić information content (AvgIpc) is 1.82. The molecule has 0 fully saturated rings. The SMILES string of the molecule is C=C1C=C(CC(C)(C)C)C=CC1. The van der Waals surface area contributed by atoms with Crippen molar-refractivity contribution in [1.29, 1.82) is 0 Å². The largest absolute Gasteiger partial charge is 0.0955 e. The first kappa shape index (κ1) is 9.31. The zero-order valence-corrected chi connectivity index (χ0v) is 8.35. The van der Waals surface area contributed by atoms with Crippen molar-refractivity contribution in [3.05, 3.63) is 36.0 Å². The lowest BCUT2D eigenvalue weighted by molar-refractivity contribution is 0.413. The molecule has 0 atom stereocenters. The molecule has 1 aliphatic carbocycles. The number of allylic oxidation sites excluding steroid dienone is 5. The van der Waals surface area contributed by atoms with Gasteiger partial charge < -0.3 is 0 Å². The van der Waals surface area contributed by atoms with E-state index in [4.69, 9.17) is 0 Å². The van der Waals surface area contributed by atoms with Gasteiger partial charge in [-0.15, -0.1) is 0 Å². The van der Waals surface area contributed by atoms with Crippen LogP contribution >= 0.6 is 0 Å². The van der Waals surface area contributed by atoms with E-state index in [1.165, 1.54) is 11.1 Å². The van der Waals surface area contributed by atoms with E-state index in [1.54, 1.807) is 0 Å². The molecule has 0 N–H and O–H groups in total. The van der Waals surface area contributed by atoms with Crippen molar-refractivity contribution < 1.29 is 0 Å². The van der Waals surface area contributed by atoms with Crippen molar-refractivity contribution in [2.45, 2.75) is 33.6 Å². The lowest BCUT2D eigenvalue weighted by atomic mass is 9.85. The van der Waals surface area contributed by atoms with Gasteiger partial charge in [0, 0.05) is 0 Å². The van der Waals surface area contributed by atoms with Crippen molar-refractivity contribution in [3.8, 4) is 0 Å². The second kappa shape index (κ2) is 3.30. The molecule has 0 radical (unpaired) electrons. The Hall–Kier alpha value is -0.780. The summed E-state index contributed by atoms with van der Waals surface area (Å²) in [5.41, 5.74) is 3.03. The smallest absolute Gasteiger partial charge is 0.01000 e. The molecule has 1 aliphatic rings. The summed E-state index contributed by atoms with van der Waals surface area (Å²) in [6, 6.07) is 0. The Balaban J connectivity index is 2.64. The normalized spacial score (nSPS) is 17.9. The van der Waals surface area contributed by atoms with Gasteiger partial charge in [-0.3, -0.25) is 0 Å². The first-order valence-corrected chi connectivity index (χ1v) is 4.52. The Morgan fingerprint density at radius 1 is 1.42 bits per heavy atom. The molecule has 12 heavy (non-hydrogen) atoms. The van der Waals surface area contributed by atoms with Gasteiger partial charge >= 0.3 is 0 Å².